The van der Waals surface area contributed by atoms with Crippen LogP contribution in [0, 0.1) is 0 Å². The highest BCUT2D eigenvalue weighted by Crippen LogP contribution is 2.24. The summed E-state index contributed by atoms with van der Waals surface area (Å²) >= 11 is 0. The molecule has 2 aromatic carbocycles. The van der Waals surface area contributed by atoms with E-state index in [9.17, 15) is 14.7 Å². The molecule has 2 atom stereocenters. The monoisotopic (exact) mass is 403 g/mol. The zero-order valence-corrected chi connectivity index (χ0v) is 16.8. The molecule has 30 heavy (non-hydrogen) atoms. The quantitative estimate of drug-likeness (QED) is 0.606. The second kappa shape index (κ2) is 10.3. The number of aliphatic hydroxyl groups excluding tert-OH is 1. The minimum atomic E-state index is -0.893. The normalized spacial score (nSPS) is 12.6. The molecule has 1 aromatic heterocycles. The van der Waals surface area contributed by atoms with Crippen LogP contribution in [0.15, 0.2) is 85.1 Å². The second-order valence-corrected chi connectivity index (χ2v) is 6.96. The van der Waals surface area contributed by atoms with Crippen LogP contribution in [0.3, 0.4) is 0 Å². The molecule has 2 N–H and O–H groups in total. The van der Waals surface area contributed by atoms with Crippen molar-refractivity contribution in [2.45, 2.75) is 18.6 Å². The average molecular weight is 403 g/mol. The number of hydrogen-bond donors (Lipinski definition) is 2. The van der Waals surface area contributed by atoms with Gasteiger partial charge in [-0.1, -0.05) is 54.6 Å². The van der Waals surface area contributed by atoms with Crippen LogP contribution >= 0.6 is 0 Å². The van der Waals surface area contributed by atoms with E-state index < -0.39 is 12.1 Å². The molecule has 0 unspecified atom stereocenters. The molecule has 154 valence electrons. The van der Waals surface area contributed by atoms with Gasteiger partial charge in [-0.2, -0.15) is 0 Å². The molecule has 1 heterocycles. The van der Waals surface area contributed by atoms with Crippen molar-refractivity contribution >= 4 is 11.8 Å². The summed E-state index contributed by atoms with van der Waals surface area (Å²) in [5, 5.41) is 13.8. The molecular formula is C24H25N3O3. The average Bonchev–Trinajstić information content (AvgIpc) is 2.82. The lowest BCUT2D eigenvalue weighted by atomic mass is 9.97. The van der Waals surface area contributed by atoms with Gasteiger partial charge in [0.25, 0.3) is 11.8 Å². The van der Waals surface area contributed by atoms with E-state index in [0.29, 0.717) is 23.2 Å². The van der Waals surface area contributed by atoms with Crippen LogP contribution in [-0.2, 0) is 0 Å². The van der Waals surface area contributed by atoms with Crippen molar-refractivity contribution in [2.75, 3.05) is 13.6 Å². The first-order valence-corrected chi connectivity index (χ1v) is 9.82. The summed E-state index contributed by atoms with van der Waals surface area (Å²) in [6.07, 6.45) is 1.04. The van der Waals surface area contributed by atoms with Crippen molar-refractivity contribution < 1.29 is 14.7 Å². The number of hydrogen-bond acceptors (Lipinski definition) is 4. The van der Waals surface area contributed by atoms with Gasteiger partial charge < -0.3 is 15.3 Å². The number of aromatic nitrogens is 1. The highest BCUT2D eigenvalue weighted by molar-refractivity contribution is 5.94. The number of nitrogens with one attached hydrogen (secondary N) is 1. The Morgan fingerprint density at radius 1 is 0.967 bits per heavy atom. The van der Waals surface area contributed by atoms with Gasteiger partial charge in [-0.15, -0.1) is 0 Å². The number of carbonyl (C=O) groups excluding carboxylic acids is 2. The smallest absolute Gasteiger partial charge is 0.269 e. The third-order valence-corrected chi connectivity index (χ3v) is 4.97. The molecule has 0 aliphatic carbocycles. The first-order valence-electron chi connectivity index (χ1n) is 9.82. The fraction of sp³-hybridized carbons (Fsp3) is 0.208. The Hall–Kier alpha value is -3.51. The lowest BCUT2D eigenvalue weighted by molar-refractivity contribution is 0.0411. The summed E-state index contributed by atoms with van der Waals surface area (Å²) in [4.78, 5) is 30.8. The fourth-order valence-corrected chi connectivity index (χ4v) is 3.29. The van der Waals surface area contributed by atoms with Gasteiger partial charge in [0.05, 0.1) is 12.1 Å². The molecule has 0 fully saturated rings. The lowest BCUT2D eigenvalue weighted by Gasteiger charge is -2.32. The Morgan fingerprint density at radius 2 is 1.60 bits per heavy atom. The Balaban J connectivity index is 1.73. The summed E-state index contributed by atoms with van der Waals surface area (Å²) in [6.45, 7) is 0.288. The molecule has 0 saturated heterocycles. The van der Waals surface area contributed by atoms with E-state index in [1.165, 1.54) is 0 Å². The number of likely N-dealkylation sites (N-methyl/N-ethyl adjacent to an activating group) is 1. The maximum atomic E-state index is 13.0. The highest BCUT2D eigenvalue weighted by Gasteiger charge is 2.28. The van der Waals surface area contributed by atoms with Crippen LogP contribution in [0.1, 0.15) is 38.9 Å². The molecule has 0 spiro atoms. The Morgan fingerprint density at radius 3 is 2.23 bits per heavy atom. The topological polar surface area (TPSA) is 82.5 Å². The number of aliphatic hydroxyl groups is 1. The molecule has 2 amide bonds. The van der Waals surface area contributed by atoms with Crippen molar-refractivity contribution in [3.8, 4) is 0 Å². The van der Waals surface area contributed by atoms with Gasteiger partial charge in [0.2, 0.25) is 0 Å². The highest BCUT2D eigenvalue weighted by atomic mass is 16.3. The lowest BCUT2D eigenvalue weighted by Crippen LogP contribution is -2.43. The Bertz CT molecular complexity index is 949. The summed E-state index contributed by atoms with van der Waals surface area (Å²) in [5.41, 5.74) is 1.58. The van der Waals surface area contributed by atoms with E-state index >= 15 is 0 Å². The maximum Gasteiger partial charge on any atom is 0.269 e. The summed E-state index contributed by atoms with van der Waals surface area (Å²) in [5.74, 6) is -0.479. The molecule has 3 rings (SSSR count). The van der Waals surface area contributed by atoms with Crippen LogP contribution < -0.4 is 5.32 Å². The van der Waals surface area contributed by atoms with Crippen molar-refractivity contribution in [2.24, 2.45) is 0 Å². The van der Waals surface area contributed by atoms with E-state index in [-0.39, 0.29) is 18.4 Å². The van der Waals surface area contributed by atoms with Gasteiger partial charge in [-0.05, 0) is 36.2 Å². The van der Waals surface area contributed by atoms with Crippen LogP contribution in [0.5, 0.6) is 0 Å². The molecule has 3 aromatic rings. The molecule has 0 aliphatic heterocycles. The Labute approximate surface area is 176 Å². The van der Waals surface area contributed by atoms with Crippen molar-refractivity contribution in [3.05, 3.63) is 102 Å². The van der Waals surface area contributed by atoms with E-state index in [4.69, 9.17) is 0 Å². The Kier molecular flexibility index (Phi) is 7.29. The summed E-state index contributed by atoms with van der Waals surface area (Å²) < 4.78 is 0. The maximum absolute atomic E-state index is 13.0. The minimum Gasteiger partial charge on any atom is -0.386 e. The molecule has 0 aliphatic rings. The summed E-state index contributed by atoms with van der Waals surface area (Å²) in [7, 11) is 1.67. The summed E-state index contributed by atoms with van der Waals surface area (Å²) in [6, 6.07) is 22.8. The number of nitrogens with zero attached hydrogens (tertiary/aromatic N) is 2. The van der Waals surface area contributed by atoms with Crippen LogP contribution in [0.2, 0.25) is 0 Å². The predicted octanol–water partition coefficient (Wildman–Crippen LogP) is 3.08. The van der Waals surface area contributed by atoms with E-state index in [1.807, 2.05) is 36.4 Å². The number of pyridine rings is 1. The van der Waals surface area contributed by atoms with Gasteiger partial charge in [-0.25, -0.2) is 0 Å². The first kappa shape index (κ1) is 21.2. The number of benzene rings is 2. The minimum absolute atomic E-state index is 0.188. The fourth-order valence-electron chi connectivity index (χ4n) is 3.29. The van der Waals surface area contributed by atoms with E-state index in [1.54, 1.807) is 60.6 Å². The molecular weight excluding hydrogens is 378 g/mol. The molecule has 0 radical (unpaired) electrons. The molecule has 6 nitrogen and oxygen atoms in total. The SMILES string of the molecule is CN(C(=O)c1ccccc1)[C@H](CCNC(=O)c1ccccn1)[C@@H](O)c1ccccc1. The van der Waals surface area contributed by atoms with Crippen LogP contribution in [0.25, 0.3) is 0 Å². The molecule has 0 saturated carbocycles. The van der Waals surface area contributed by atoms with Crippen molar-refractivity contribution in [1.82, 2.24) is 15.2 Å². The van der Waals surface area contributed by atoms with Gasteiger partial charge in [0.15, 0.2) is 0 Å². The largest absolute Gasteiger partial charge is 0.386 e. The zero-order chi connectivity index (χ0) is 21.3. The number of carbonyl (C=O) groups is 2. The first-order chi connectivity index (χ1) is 14.6. The van der Waals surface area contributed by atoms with Gasteiger partial charge in [-0.3, -0.25) is 14.6 Å². The van der Waals surface area contributed by atoms with Crippen LogP contribution in [-0.4, -0.2) is 46.4 Å². The van der Waals surface area contributed by atoms with Gasteiger partial charge in [0, 0.05) is 25.4 Å². The van der Waals surface area contributed by atoms with Crippen molar-refractivity contribution in [1.29, 1.82) is 0 Å². The number of amides is 2. The van der Waals surface area contributed by atoms with Crippen molar-refractivity contribution in [3.63, 3.8) is 0 Å². The predicted molar refractivity (Wildman–Crippen MR) is 115 cm³/mol. The third kappa shape index (κ3) is 5.30. The molecule has 0 bridgehead atoms. The van der Waals surface area contributed by atoms with Gasteiger partial charge in [0.1, 0.15) is 5.69 Å². The second-order valence-electron chi connectivity index (χ2n) is 6.96. The van der Waals surface area contributed by atoms with Gasteiger partial charge >= 0.3 is 0 Å². The molecule has 6 heteroatoms. The third-order valence-electron chi connectivity index (χ3n) is 4.97. The zero-order valence-electron chi connectivity index (χ0n) is 16.8. The van der Waals surface area contributed by atoms with Crippen LogP contribution in [0.4, 0.5) is 0 Å². The standard InChI is InChI=1S/C24H25N3O3/c1-27(24(30)19-12-6-3-7-13-19)21(22(28)18-10-4-2-5-11-18)15-17-26-23(29)20-14-8-9-16-25-20/h2-14,16,21-22,28H,15,17H2,1H3,(H,26,29)/t21-,22+/m1/s1. The van der Waals surface area contributed by atoms with E-state index in [0.717, 1.165) is 0 Å². The number of rotatable bonds is 8. The van der Waals surface area contributed by atoms with E-state index in [2.05, 4.69) is 10.3 Å².